The molecule has 3 aromatic rings. The van der Waals surface area contributed by atoms with Crippen molar-refractivity contribution in [1.82, 2.24) is 15.6 Å². The van der Waals surface area contributed by atoms with Crippen LogP contribution in [0.5, 0.6) is 0 Å². The second-order valence-electron chi connectivity index (χ2n) is 4.76. The van der Waals surface area contributed by atoms with Gasteiger partial charge in [-0.3, -0.25) is 9.89 Å². The summed E-state index contributed by atoms with van der Waals surface area (Å²) in [5.74, 6) is 0.229. The van der Waals surface area contributed by atoms with Gasteiger partial charge in [-0.2, -0.15) is 10.2 Å². The van der Waals surface area contributed by atoms with Crippen molar-refractivity contribution in [3.05, 3.63) is 65.5 Å². The third-order valence-corrected chi connectivity index (χ3v) is 3.02. The molecule has 0 saturated heterocycles. The third-order valence-electron chi connectivity index (χ3n) is 3.02. The Morgan fingerprint density at radius 3 is 3.00 bits per heavy atom. The topological polar surface area (TPSA) is 83.3 Å². The molecule has 22 heavy (non-hydrogen) atoms. The third kappa shape index (κ3) is 3.12. The summed E-state index contributed by atoms with van der Waals surface area (Å²) in [5.41, 5.74) is 5.37. The normalized spacial score (nSPS) is 11.0. The number of carbonyl (C=O) groups excluding carboxylic acids is 1. The highest BCUT2D eigenvalue weighted by Crippen LogP contribution is 2.17. The van der Waals surface area contributed by atoms with Crippen LogP contribution in [0.25, 0.3) is 11.5 Å². The first-order chi connectivity index (χ1) is 10.7. The number of benzene rings is 1. The number of aryl methyl sites for hydroxylation is 1. The molecule has 2 aromatic heterocycles. The molecule has 0 spiro atoms. The van der Waals surface area contributed by atoms with Gasteiger partial charge in [-0.1, -0.05) is 29.8 Å². The molecule has 0 aliphatic carbocycles. The van der Waals surface area contributed by atoms with Gasteiger partial charge in [0.25, 0.3) is 5.91 Å². The molecule has 0 atom stereocenters. The fourth-order valence-electron chi connectivity index (χ4n) is 1.97. The van der Waals surface area contributed by atoms with E-state index in [0.29, 0.717) is 11.5 Å². The second kappa shape index (κ2) is 6.09. The highest BCUT2D eigenvalue weighted by molar-refractivity contribution is 5.93. The molecule has 3 rings (SSSR count). The highest BCUT2D eigenvalue weighted by atomic mass is 16.3. The second-order valence-corrected chi connectivity index (χ2v) is 4.76. The monoisotopic (exact) mass is 294 g/mol. The van der Waals surface area contributed by atoms with Crippen molar-refractivity contribution in [2.45, 2.75) is 6.92 Å². The van der Waals surface area contributed by atoms with Crippen LogP contribution in [0, 0.1) is 6.92 Å². The molecule has 0 saturated carbocycles. The number of hydrazone groups is 1. The minimum atomic E-state index is -0.391. The van der Waals surface area contributed by atoms with Gasteiger partial charge in [-0.15, -0.1) is 0 Å². The number of H-pyrrole nitrogens is 1. The lowest BCUT2D eigenvalue weighted by atomic mass is 10.2. The molecule has 0 radical (unpaired) electrons. The van der Waals surface area contributed by atoms with Crippen molar-refractivity contribution in [3.8, 4) is 11.5 Å². The van der Waals surface area contributed by atoms with E-state index >= 15 is 0 Å². The van der Waals surface area contributed by atoms with Crippen LogP contribution in [0.4, 0.5) is 0 Å². The molecule has 0 unspecified atom stereocenters. The van der Waals surface area contributed by atoms with Crippen LogP contribution in [-0.2, 0) is 0 Å². The Bertz CT molecular complexity index is 803. The largest absolute Gasteiger partial charge is 0.463 e. The number of aromatic amines is 1. The lowest BCUT2D eigenvalue weighted by Crippen LogP contribution is -2.18. The number of carbonyl (C=O) groups is 1. The zero-order valence-electron chi connectivity index (χ0n) is 11.9. The van der Waals surface area contributed by atoms with E-state index in [1.54, 1.807) is 30.7 Å². The van der Waals surface area contributed by atoms with Crippen molar-refractivity contribution in [2.75, 3.05) is 0 Å². The molecule has 0 fully saturated rings. The number of rotatable bonds is 4. The number of hydrogen-bond donors (Lipinski definition) is 2. The van der Waals surface area contributed by atoms with Gasteiger partial charge >= 0.3 is 0 Å². The van der Waals surface area contributed by atoms with E-state index in [4.69, 9.17) is 4.42 Å². The maximum Gasteiger partial charge on any atom is 0.291 e. The Balaban J connectivity index is 1.65. The average Bonchev–Trinajstić information content (AvgIpc) is 3.18. The van der Waals surface area contributed by atoms with Crippen LogP contribution in [0.1, 0.15) is 21.6 Å². The number of aromatic nitrogens is 2. The van der Waals surface area contributed by atoms with Gasteiger partial charge in [0.15, 0.2) is 11.5 Å². The number of nitrogens with zero attached hydrogens (tertiary/aromatic N) is 2. The maximum atomic E-state index is 11.9. The van der Waals surface area contributed by atoms with Crippen LogP contribution in [0.2, 0.25) is 0 Å². The molecule has 0 aliphatic rings. The lowest BCUT2D eigenvalue weighted by molar-refractivity contribution is 0.0950. The van der Waals surface area contributed by atoms with E-state index in [0.717, 1.165) is 11.1 Å². The quantitative estimate of drug-likeness (QED) is 0.573. The number of amides is 1. The average molecular weight is 294 g/mol. The van der Waals surface area contributed by atoms with E-state index in [9.17, 15) is 4.79 Å². The maximum absolute atomic E-state index is 11.9. The predicted octanol–water partition coefficient (Wildman–Crippen LogP) is 2.74. The zero-order valence-corrected chi connectivity index (χ0v) is 11.9. The first kappa shape index (κ1) is 13.8. The summed E-state index contributed by atoms with van der Waals surface area (Å²) in [6.07, 6.45) is 3.15. The Kier molecular flexibility index (Phi) is 3.82. The summed E-state index contributed by atoms with van der Waals surface area (Å²) < 4.78 is 5.23. The Morgan fingerprint density at radius 2 is 2.23 bits per heavy atom. The zero-order chi connectivity index (χ0) is 15.4. The number of hydrogen-bond acceptors (Lipinski definition) is 4. The number of nitrogens with one attached hydrogen (secondary N) is 2. The van der Waals surface area contributed by atoms with Crippen molar-refractivity contribution < 1.29 is 9.21 Å². The standard InChI is InChI=1S/C16H14N4O2/c1-11-4-2-5-12(8-11)10-17-20-16(21)14-9-13(18-19-14)15-6-3-7-22-15/h2-10H,1H3,(H,18,19)(H,20,21). The van der Waals surface area contributed by atoms with E-state index in [-0.39, 0.29) is 5.69 Å². The van der Waals surface area contributed by atoms with Crippen molar-refractivity contribution in [1.29, 1.82) is 0 Å². The highest BCUT2D eigenvalue weighted by Gasteiger charge is 2.11. The van der Waals surface area contributed by atoms with Gasteiger partial charge in [0.05, 0.1) is 12.5 Å². The van der Waals surface area contributed by atoms with Crippen LogP contribution >= 0.6 is 0 Å². The summed E-state index contributed by atoms with van der Waals surface area (Å²) in [6, 6.07) is 13.0. The van der Waals surface area contributed by atoms with Gasteiger partial charge in [-0.05, 0) is 24.6 Å². The van der Waals surface area contributed by atoms with Crippen LogP contribution in [-0.4, -0.2) is 22.3 Å². The molecular formula is C16H14N4O2. The minimum absolute atomic E-state index is 0.243. The van der Waals surface area contributed by atoms with E-state index < -0.39 is 5.91 Å². The van der Waals surface area contributed by atoms with Crippen LogP contribution < -0.4 is 5.43 Å². The van der Waals surface area contributed by atoms with Crippen LogP contribution in [0.15, 0.2) is 58.2 Å². The molecule has 2 heterocycles. The first-order valence-electron chi connectivity index (χ1n) is 6.72. The molecular weight excluding hydrogens is 280 g/mol. The Hall–Kier alpha value is -3.15. The summed E-state index contributed by atoms with van der Waals surface area (Å²) in [5, 5.41) is 10.6. The molecule has 6 nitrogen and oxygen atoms in total. The predicted molar refractivity (Wildman–Crippen MR) is 82.5 cm³/mol. The Morgan fingerprint density at radius 1 is 1.32 bits per heavy atom. The van der Waals surface area contributed by atoms with Gasteiger partial charge in [0, 0.05) is 6.07 Å². The van der Waals surface area contributed by atoms with E-state index in [1.165, 1.54) is 0 Å². The molecule has 1 aromatic carbocycles. The minimum Gasteiger partial charge on any atom is -0.463 e. The lowest BCUT2D eigenvalue weighted by Gasteiger charge is -1.96. The Labute approximate surface area is 126 Å². The number of furan rings is 1. The van der Waals surface area contributed by atoms with Gasteiger partial charge in [-0.25, -0.2) is 5.43 Å². The first-order valence-corrected chi connectivity index (χ1v) is 6.72. The van der Waals surface area contributed by atoms with Crippen molar-refractivity contribution >= 4 is 12.1 Å². The molecule has 2 N–H and O–H groups in total. The SMILES string of the molecule is Cc1cccc(C=NNC(=O)c2cc(-c3ccco3)[nH]n2)c1. The summed E-state index contributed by atoms with van der Waals surface area (Å²) in [4.78, 5) is 11.9. The van der Waals surface area contributed by atoms with Gasteiger partial charge in [0.1, 0.15) is 5.69 Å². The fraction of sp³-hybridized carbons (Fsp3) is 0.0625. The van der Waals surface area contributed by atoms with Crippen LogP contribution in [0.3, 0.4) is 0 Å². The van der Waals surface area contributed by atoms with Gasteiger partial charge < -0.3 is 4.42 Å². The fourth-order valence-corrected chi connectivity index (χ4v) is 1.97. The molecule has 1 amide bonds. The molecule has 0 bridgehead atoms. The molecule has 110 valence electrons. The van der Waals surface area contributed by atoms with E-state index in [1.807, 2.05) is 31.2 Å². The summed E-state index contributed by atoms with van der Waals surface area (Å²) >= 11 is 0. The summed E-state index contributed by atoms with van der Waals surface area (Å²) in [6.45, 7) is 2.00. The van der Waals surface area contributed by atoms with E-state index in [2.05, 4.69) is 20.7 Å². The summed E-state index contributed by atoms with van der Waals surface area (Å²) in [7, 11) is 0. The molecule has 6 heteroatoms. The van der Waals surface area contributed by atoms with Crippen molar-refractivity contribution in [2.24, 2.45) is 5.10 Å². The van der Waals surface area contributed by atoms with Crippen molar-refractivity contribution in [3.63, 3.8) is 0 Å². The smallest absolute Gasteiger partial charge is 0.291 e. The molecule has 0 aliphatic heterocycles. The van der Waals surface area contributed by atoms with Gasteiger partial charge in [0.2, 0.25) is 0 Å².